The summed E-state index contributed by atoms with van der Waals surface area (Å²) in [4.78, 5) is 0. The molecule has 2 heteroatoms. The number of aromatic nitrogens is 1. The van der Waals surface area contributed by atoms with Crippen molar-refractivity contribution in [1.82, 2.24) is 4.57 Å². The third-order valence-corrected chi connectivity index (χ3v) is 9.73. The predicted octanol–water partition coefficient (Wildman–Crippen LogP) is 12.8. The Bertz CT molecular complexity index is 2760. The lowest BCUT2D eigenvalue weighted by Crippen LogP contribution is -2.12. The van der Waals surface area contributed by atoms with Crippen LogP contribution in [0, 0.1) is 0 Å². The van der Waals surface area contributed by atoms with Gasteiger partial charge in [0.25, 0.3) is 0 Å². The molecular weight excluding hydrogens is 558 g/mol. The number of rotatable bonds is 3. The number of hydrogen-bond donors (Lipinski definition) is 0. The van der Waals surface area contributed by atoms with Gasteiger partial charge in [-0.1, -0.05) is 116 Å². The van der Waals surface area contributed by atoms with E-state index in [1.54, 1.807) is 0 Å². The maximum Gasteiger partial charge on any atom is 0.135 e. The van der Waals surface area contributed by atoms with Crippen molar-refractivity contribution in [3.63, 3.8) is 0 Å². The van der Waals surface area contributed by atoms with Crippen LogP contribution in [0.15, 0.2) is 138 Å². The number of fused-ring (bicyclic) bond motifs is 8. The van der Waals surface area contributed by atoms with Gasteiger partial charge in [0.05, 0.1) is 0 Å². The van der Waals surface area contributed by atoms with Crippen LogP contribution >= 0.6 is 0 Å². The summed E-state index contributed by atoms with van der Waals surface area (Å²) >= 11 is 0. The summed E-state index contributed by atoms with van der Waals surface area (Å²) in [6, 6.07) is 45.7. The largest absolute Gasteiger partial charge is 0.456 e. The van der Waals surface area contributed by atoms with Crippen LogP contribution < -0.4 is 0 Å². The van der Waals surface area contributed by atoms with Gasteiger partial charge in [-0.15, -0.1) is 0 Å². The van der Waals surface area contributed by atoms with Crippen LogP contribution in [-0.4, -0.2) is 4.57 Å². The smallest absolute Gasteiger partial charge is 0.135 e. The lowest BCUT2D eigenvalue weighted by atomic mass is 9.85. The molecule has 0 spiro atoms. The lowest BCUT2D eigenvalue weighted by Gasteiger charge is -2.25. The fraction of sp³-hybridized carbons (Fsp3) is 0.136. The van der Waals surface area contributed by atoms with Crippen molar-refractivity contribution in [1.29, 1.82) is 0 Å². The Balaban J connectivity index is 1.22. The molecule has 10 rings (SSSR count). The van der Waals surface area contributed by atoms with Crippen molar-refractivity contribution in [3.8, 4) is 22.3 Å². The maximum absolute atomic E-state index is 9.00. The fourth-order valence-electron chi connectivity index (χ4n) is 7.77. The second-order valence-corrected chi connectivity index (χ2v) is 12.2. The molecule has 2 nitrogen and oxygen atoms in total. The minimum Gasteiger partial charge on any atom is -0.456 e. The second kappa shape index (κ2) is 10.1. The molecule has 4 atom stereocenters. The van der Waals surface area contributed by atoms with Crippen LogP contribution in [0.2, 0.25) is 0 Å². The zero-order valence-electron chi connectivity index (χ0n) is 30.0. The Morgan fingerprint density at radius 3 is 1.63 bits per heavy atom. The Kier molecular flexibility index (Phi) is 4.69. The Morgan fingerprint density at radius 1 is 0.457 bits per heavy atom. The number of nitrogens with zero attached hydrogens (tertiary/aromatic N) is 1. The molecule has 0 aliphatic heterocycles. The van der Waals surface area contributed by atoms with Crippen LogP contribution in [0.4, 0.5) is 0 Å². The van der Waals surface area contributed by atoms with Crippen molar-refractivity contribution in [3.05, 3.63) is 133 Å². The summed E-state index contributed by atoms with van der Waals surface area (Å²) in [5, 5.41) is 8.82. The van der Waals surface area contributed by atoms with Gasteiger partial charge in [0.1, 0.15) is 11.2 Å². The molecule has 0 N–H and O–H groups in total. The first-order valence-corrected chi connectivity index (χ1v) is 15.9. The fourth-order valence-corrected chi connectivity index (χ4v) is 7.77. The maximum atomic E-state index is 9.00. The van der Waals surface area contributed by atoms with Crippen LogP contribution in [0.25, 0.3) is 87.5 Å². The van der Waals surface area contributed by atoms with Gasteiger partial charge in [0.15, 0.2) is 0 Å². The van der Waals surface area contributed by atoms with Crippen LogP contribution in [0.1, 0.15) is 44.9 Å². The number of para-hydroxylation sites is 2. The highest BCUT2D eigenvalue weighted by Gasteiger charge is 2.22. The second-order valence-electron chi connectivity index (χ2n) is 12.2. The summed E-state index contributed by atoms with van der Waals surface area (Å²) in [6.07, 6.45) is -5.17. The highest BCUT2D eigenvalue weighted by molar-refractivity contribution is 6.23. The lowest BCUT2D eigenvalue weighted by molar-refractivity contribution is 0.367. The van der Waals surface area contributed by atoms with Crippen LogP contribution in [0.5, 0.6) is 0 Å². The van der Waals surface area contributed by atoms with Gasteiger partial charge in [-0.25, -0.2) is 0 Å². The highest BCUT2D eigenvalue weighted by Crippen LogP contribution is 2.46. The SMILES string of the molecule is [2H]C1C([2H])C([2H])C(n2c3ccccc3c3cc(-c4c5ccccc5c(-c5ccc6oc7ccccc7c6c5)c5ccccc45)ccc32)C([2H])C1[2H]. The molecule has 7 aromatic carbocycles. The minimum atomic E-state index is -1.07. The average molecular weight is 597 g/mol. The molecule has 1 aliphatic carbocycles. The van der Waals surface area contributed by atoms with E-state index in [4.69, 9.17) is 11.3 Å². The van der Waals surface area contributed by atoms with E-state index in [1.165, 1.54) is 5.56 Å². The van der Waals surface area contributed by atoms with E-state index in [2.05, 4.69) is 103 Å². The number of hydrogen-bond acceptors (Lipinski definition) is 1. The molecule has 0 bridgehead atoms. The average Bonchev–Trinajstić information content (AvgIpc) is 3.70. The van der Waals surface area contributed by atoms with Gasteiger partial charge < -0.3 is 8.98 Å². The Hall–Kier alpha value is -5.34. The van der Waals surface area contributed by atoms with Gasteiger partial charge >= 0.3 is 0 Å². The minimum absolute atomic E-state index is 0.713. The molecule has 220 valence electrons. The van der Waals surface area contributed by atoms with Crippen molar-refractivity contribution in [2.24, 2.45) is 0 Å². The molecule has 0 radical (unpaired) electrons. The summed E-state index contributed by atoms with van der Waals surface area (Å²) < 4.78 is 51.7. The number of benzene rings is 7. The molecule has 9 aromatic rings. The summed E-state index contributed by atoms with van der Waals surface area (Å²) in [7, 11) is 0. The van der Waals surface area contributed by atoms with E-state index in [-0.39, 0.29) is 0 Å². The van der Waals surface area contributed by atoms with Gasteiger partial charge in [-0.05, 0) is 93.0 Å². The molecule has 1 fully saturated rings. The van der Waals surface area contributed by atoms with Crippen molar-refractivity contribution < 1.29 is 11.3 Å². The molecular formula is C44H33NO. The first kappa shape index (κ1) is 21.4. The first-order valence-electron chi connectivity index (χ1n) is 18.8. The van der Waals surface area contributed by atoms with Gasteiger partial charge in [-0.3, -0.25) is 0 Å². The predicted molar refractivity (Wildman–Crippen MR) is 195 cm³/mol. The monoisotopic (exact) mass is 596 g/mol. The molecule has 0 saturated heterocycles. The summed E-state index contributed by atoms with van der Waals surface area (Å²) in [5.41, 5.74) is 8.04. The third kappa shape index (κ3) is 3.77. The van der Waals surface area contributed by atoms with Crippen molar-refractivity contribution in [2.45, 2.75) is 38.0 Å². The molecule has 4 unspecified atom stereocenters. The van der Waals surface area contributed by atoms with E-state index in [9.17, 15) is 0 Å². The van der Waals surface area contributed by atoms with E-state index in [0.717, 1.165) is 82.0 Å². The quantitative estimate of drug-likeness (QED) is 0.186. The molecule has 46 heavy (non-hydrogen) atoms. The van der Waals surface area contributed by atoms with E-state index >= 15 is 0 Å². The van der Waals surface area contributed by atoms with Crippen molar-refractivity contribution >= 4 is 65.3 Å². The first-order chi connectivity index (χ1) is 24.9. The van der Waals surface area contributed by atoms with E-state index in [1.807, 2.05) is 34.9 Å². The molecule has 2 heterocycles. The zero-order valence-corrected chi connectivity index (χ0v) is 25.0. The normalized spacial score (nSPS) is 25.2. The van der Waals surface area contributed by atoms with E-state index in [0.29, 0.717) is 0 Å². The Labute approximate surface area is 274 Å². The standard InChI is InChI=1S/C44H33NO/c1-2-12-30(13-3-1)45-39-20-10-8-14-31(39)37-26-28(22-24-40(37)45)43-33-16-4-6-18-35(33)44(36-19-7-5-17-34(36)43)29-23-25-42-38(27-29)32-15-9-11-21-41(32)46-42/h4-11,14-27,30H,1-3,12-13H2/i1D,2D,3D,12D,13D. The topological polar surface area (TPSA) is 18.1 Å². The molecule has 0 amide bonds. The number of furan rings is 1. The summed E-state index contributed by atoms with van der Waals surface area (Å²) in [6.45, 7) is 0. The molecule has 1 aliphatic rings. The zero-order chi connectivity index (χ0) is 34.5. The van der Waals surface area contributed by atoms with Crippen LogP contribution in [0.3, 0.4) is 0 Å². The van der Waals surface area contributed by atoms with Gasteiger partial charge in [0, 0.05) is 45.5 Å². The van der Waals surface area contributed by atoms with E-state index < -0.39 is 38.0 Å². The summed E-state index contributed by atoms with van der Waals surface area (Å²) in [5.74, 6) is 0. The van der Waals surface area contributed by atoms with Gasteiger partial charge in [0.2, 0.25) is 0 Å². The van der Waals surface area contributed by atoms with Crippen LogP contribution in [-0.2, 0) is 0 Å². The Morgan fingerprint density at radius 2 is 0.957 bits per heavy atom. The molecule has 1 saturated carbocycles. The third-order valence-electron chi connectivity index (χ3n) is 9.73. The van der Waals surface area contributed by atoms with Crippen molar-refractivity contribution in [2.75, 3.05) is 0 Å². The highest BCUT2D eigenvalue weighted by atomic mass is 16.3. The van der Waals surface area contributed by atoms with Gasteiger partial charge in [-0.2, -0.15) is 0 Å². The molecule has 2 aromatic heterocycles.